The molecule has 1 aromatic heterocycles. The summed E-state index contributed by atoms with van der Waals surface area (Å²) in [4.78, 5) is 0.993. The SMILES string of the molecule is CCCCOc1cc(-c2cccs2)c(OCCCC)c(C#N)c1C#N. The second kappa shape index (κ2) is 9.71. The Hall–Kier alpha value is -2.50. The van der Waals surface area contributed by atoms with Crippen LogP contribution in [0.15, 0.2) is 23.6 Å². The smallest absolute Gasteiger partial charge is 0.147 e. The molecule has 0 saturated heterocycles. The van der Waals surface area contributed by atoms with E-state index < -0.39 is 0 Å². The summed E-state index contributed by atoms with van der Waals surface area (Å²) >= 11 is 1.57. The molecule has 0 saturated carbocycles. The molecule has 4 nitrogen and oxygen atoms in total. The summed E-state index contributed by atoms with van der Waals surface area (Å²) < 4.78 is 11.7. The number of thiophene rings is 1. The van der Waals surface area contributed by atoms with Crippen molar-refractivity contribution in [3.05, 3.63) is 34.7 Å². The van der Waals surface area contributed by atoms with Crippen LogP contribution >= 0.6 is 11.3 Å². The third kappa shape index (κ3) is 4.53. The standard InChI is InChI=1S/C20H22N2O2S/c1-3-5-9-23-18-12-15(19-8-7-11-25-19)20(24-10-6-4-2)17(14-22)16(18)13-21/h7-8,11-12H,3-6,9-10H2,1-2H3. The third-order valence-electron chi connectivity index (χ3n) is 3.75. The van der Waals surface area contributed by atoms with E-state index in [2.05, 4.69) is 26.0 Å². The van der Waals surface area contributed by atoms with E-state index in [-0.39, 0.29) is 11.1 Å². The minimum absolute atomic E-state index is 0.255. The number of benzene rings is 1. The zero-order chi connectivity index (χ0) is 18.1. The molecule has 0 N–H and O–H groups in total. The molecular formula is C20H22N2O2S. The summed E-state index contributed by atoms with van der Waals surface area (Å²) in [7, 11) is 0. The fraction of sp³-hybridized carbons (Fsp3) is 0.400. The first-order valence-electron chi connectivity index (χ1n) is 8.57. The van der Waals surface area contributed by atoms with Crippen LogP contribution in [0.5, 0.6) is 11.5 Å². The van der Waals surface area contributed by atoms with Crippen LogP contribution in [0.1, 0.15) is 50.7 Å². The van der Waals surface area contributed by atoms with Crippen LogP contribution in [0.2, 0.25) is 0 Å². The molecule has 5 heteroatoms. The maximum absolute atomic E-state index is 9.67. The highest BCUT2D eigenvalue weighted by Gasteiger charge is 2.22. The lowest BCUT2D eigenvalue weighted by atomic mass is 10.0. The quantitative estimate of drug-likeness (QED) is 0.556. The Morgan fingerprint density at radius 3 is 2.24 bits per heavy atom. The molecule has 1 aromatic carbocycles. The van der Waals surface area contributed by atoms with E-state index in [1.807, 2.05) is 23.6 Å². The van der Waals surface area contributed by atoms with Crippen LogP contribution in [-0.2, 0) is 0 Å². The van der Waals surface area contributed by atoms with Gasteiger partial charge < -0.3 is 9.47 Å². The van der Waals surface area contributed by atoms with Crippen LogP contribution in [0.25, 0.3) is 10.4 Å². The highest BCUT2D eigenvalue weighted by Crippen LogP contribution is 2.41. The molecule has 130 valence electrons. The zero-order valence-corrected chi connectivity index (χ0v) is 15.5. The number of nitrogens with zero attached hydrogens (tertiary/aromatic N) is 2. The largest absolute Gasteiger partial charge is 0.492 e. The van der Waals surface area contributed by atoms with Gasteiger partial charge in [0.15, 0.2) is 0 Å². The van der Waals surface area contributed by atoms with Crippen LogP contribution < -0.4 is 9.47 Å². The summed E-state index contributed by atoms with van der Waals surface area (Å²) in [6.45, 7) is 5.21. The van der Waals surface area contributed by atoms with Crippen LogP contribution in [-0.4, -0.2) is 13.2 Å². The maximum atomic E-state index is 9.67. The monoisotopic (exact) mass is 354 g/mol. The number of hydrogen-bond donors (Lipinski definition) is 0. The Morgan fingerprint density at radius 2 is 1.68 bits per heavy atom. The van der Waals surface area contributed by atoms with Crippen molar-refractivity contribution in [3.63, 3.8) is 0 Å². The molecule has 25 heavy (non-hydrogen) atoms. The second-order valence-corrected chi connectivity index (χ2v) is 6.55. The van der Waals surface area contributed by atoms with E-state index >= 15 is 0 Å². The van der Waals surface area contributed by atoms with E-state index in [9.17, 15) is 10.5 Å². The van der Waals surface area contributed by atoms with E-state index in [1.165, 1.54) is 0 Å². The molecule has 0 unspecified atom stereocenters. The van der Waals surface area contributed by atoms with Gasteiger partial charge in [0.05, 0.1) is 13.2 Å². The summed E-state index contributed by atoms with van der Waals surface area (Å²) in [6, 6.07) is 10.0. The molecule has 2 rings (SSSR count). The number of nitriles is 2. The maximum Gasteiger partial charge on any atom is 0.147 e. The van der Waals surface area contributed by atoms with Gasteiger partial charge in [-0.15, -0.1) is 11.3 Å². The molecule has 2 aromatic rings. The summed E-state index contributed by atoms with van der Waals surface area (Å²) in [5, 5.41) is 21.2. The lowest BCUT2D eigenvalue weighted by Gasteiger charge is -2.16. The van der Waals surface area contributed by atoms with Crippen molar-refractivity contribution >= 4 is 11.3 Å². The summed E-state index contributed by atoms with van der Waals surface area (Å²) in [6.07, 6.45) is 3.80. The van der Waals surface area contributed by atoms with E-state index in [4.69, 9.17) is 9.47 Å². The lowest BCUT2D eigenvalue weighted by Crippen LogP contribution is -2.05. The first-order valence-corrected chi connectivity index (χ1v) is 9.45. The molecule has 0 aliphatic heterocycles. The number of hydrogen-bond acceptors (Lipinski definition) is 5. The Morgan fingerprint density at radius 1 is 1.00 bits per heavy atom. The molecule has 0 atom stereocenters. The number of unbranched alkanes of at least 4 members (excludes halogenated alkanes) is 2. The van der Waals surface area contributed by atoms with Gasteiger partial charge in [0.2, 0.25) is 0 Å². The molecule has 0 spiro atoms. The van der Waals surface area contributed by atoms with E-state index in [1.54, 1.807) is 11.3 Å². The van der Waals surface area contributed by atoms with Gasteiger partial charge in [-0.05, 0) is 30.4 Å². The fourth-order valence-corrected chi connectivity index (χ4v) is 3.12. The van der Waals surface area contributed by atoms with Crippen molar-refractivity contribution in [3.8, 4) is 34.1 Å². The lowest BCUT2D eigenvalue weighted by molar-refractivity contribution is 0.300. The number of ether oxygens (including phenoxy) is 2. The van der Waals surface area contributed by atoms with Gasteiger partial charge in [0.1, 0.15) is 34.8 Å². The van der Waals surface area contributed by atoms with Gasteiger partial charge in [-0.2, -0.15) is 10.5 Å². The van der Waals surface area contributed by atoms with Gasteiger partial charge in [-0.25, -0.2) is 0 Å². The van der Waals surface area contributed by atoms with Gasteiger partial charge >= 0.3 is 0 Å². The predicted molar refractivity (Wildman–Crippen MR) is 100.0 cm³/mol. The van der Waals surface area contributed by atoms with Crippen LogP contribution in [0.3, 0.4) is 0 Å². The Balaban J connectivity index is 2.55. The summed E-state index contributed by atoms with van der Waals surface area (Å²) in [5.41, 5.74) is 1.33. The van der Waals surface area contributed by atoms with Gasteiger partial charge in [-0.1, -0.05) is 32.8 Å². The molecule has 0 aliphatic carbocycles. The minimum atomic E-state index is 0.255. The Labute approximate surface area is 153 Å². The predicted octanol–water partition coefficient (Wildman–Crippen LogP) is 5.52. The third-order valence-corrected chi connectivity index (χ3v) is 4.66. The first kappa shape index (κ1) is 18.8. The Bertz CT molecular complexity index is 770. The normalized spacial score (nSPS) is 10.1. The average molecular weight is 354 g/mol. The molecule has 1 heterocycles. The van der Waals surface area contributed by atoms with Crippen molar-refractivity contribution in [2.75, 3.05) is 13.2 Å². The van der Waals surface area contributed by atoms with Gasteiger partial charge in [0.25, 0.3) is 0 Å². The Kier molecular flexibility index (Phi) is 7.32. The van der Waals surface area contributed by atoms with Crippen molar-refractivity contribution in [1.82, 2.24) is 0 Å². The van der Waals surface area contributed by atoms with Crippen molar-refractivity contribution < 1.29 is 9.47 Å². The number of rotatable bonds is 9. The molecule has 0 aliphatic rings. The summed E-state index contributed by atoms with van der Waals surface area (Å²) in [5.74, 6) is 0.941. The topological polar surface area (TPSA) is 66.0 Å². The van der Waals surface area contributed by atoms with Gasteiger partial charge in [-0.3, -0.25) is 0 Å². The fourth-order valence-electron chi connectivity index (χ4n) is 2.38. The molecule has 0 radical (unpaired) electrons. The van der Waals surface area contributed by atoms with Crippen molar-refractivity contribution in [2.45, 2.75) is 39.5 Å². The van der Waals surface area contributed by atoms with Crippen LogP contribution in [0, 0.1) is 22.7 Å². The van der Waals surface area contributed by atoms with E-state index in [0.717, 1.165) is 36.1 Å². The van der Waals surface area contributed by atoms with Crippen LogP contribution in [0.4, 0.5) is 0 Å². The van der Waals surface area contributed by atoms with Crippen molar-refractivity contribution in [1.29, 1.82) is 10.5 Å². The highest BCUT2D eigenvalue weighted by atomic mass is 32.1. The highest BCUT2D eigenvalue weighted by molar-refractivity contribution is 7.13. The van der Waals surface area contributed by atoms with Gasteiger partial charge in [0, 0.05) is 10.4 Å². The molecule has 0 amide bonds. The van der Waals surface area contributed by atoms with E-state index in [0.29, 0.717) is 24.7 Å². The first-order chi connectivity index (χ1) is 12.3. The molecule has 0 fully saturated rings. The van der Waals surface area contributed by atoms with Crippen molar-refractivity contribution in [2.24, 2.45) is 0 Å². The zero-order valence-electron chi connectivity index (χ0n) is 14.7. The average Bonchev–Trinajstić information content (AvgIpc) is 3.16. The second-order valence-electron chi connectivity index (χ2n) is 5.61. The molecular weight excluding hydrogens is 332 g/mol. The minimum Gasteiger partial charge on any atom is -0.492 e. The molecule has 0 bridgehead atoms.